The minimum atomic E-state index is -0.306. The first-order valence-electron chi connectivity index (χ1n) is 12.1. The first-order chi connectivity index (χ1) is 17.5. The molecule has 2 heterocycles. The number of rotatable bonds is 7. The number of fused-ring (bicyclic) bond motifs is 2. The standard InChI is InChI=1S/C28H30ClN5O2/c1-18-12-33(13-19-3-5-22-11-23(29)7-6-21(22)9-19)27(16-36-2)26(15-35)34(18)14-20-4-8-24-25(10-20)31-17-32-28(24)30/h3-11,15,17-18,26-27H,12-14,16H2,1-2H3,(H2,30,31,32). The van der Waals surface area contributed by atoms with Crippen molar-refractivity contribution in [2.45, 2.75) is 38.1 Å². The van der Waals surface area contributed by atoms with E-state index in [4.69, 9.17) is 22.1 Å². The summed E-state index contributed by atoms with van der Waals surface area (Å²) in [4.78, 5) is 25.6. The van der Waals surface area contributed by atoms with Crippen LogP contribution in [-0.2, 0) is 22.6 Å². The first kappa shape index (κ1) is 24.6. The van der Waals surface area contributed by atoms with E-state index in [9.17, 15) is 4.79 Å². The fraction of sp³-hybridized carbons (Fsp3) is 0.321. The molecule has 5 rings (SSSR count). The molecular formula is C28H30ClN5O2. The third kappa shape index (κ3) is 4.92. The highest BCUT2D eigenvalue weighted by Gasteiger charge is 2.40. The van der Waals surface area contributed by atoms with Gasteiger partial charge in [0.15, 0.2) is 0 Å². The van der Waals surface area contributed by atoms with Gasteiger partial charge in [-0.05, 0) is 59.2 Å². The SMILES string of the molecule is COCC1C(C=O)N(Cc2ccc3c(N)ncnc3c2)C(C)CN1Cc1ccc2cc(Cl)ccc2c1. The molecule has 1 aliphatic heterocycles. The third-order valence-electron chi connectivity index (χ3n) is 7.14. The Morgan fingerprint density at radius 2 is 1.81 bits per heavy atom. The van der Waals surface area contributed by atoms with E-state index in [2.05, 4.69) is 44.9 Å². The highest BCUT2D eigenvalue weighted by molar-refractivity contribution is 6.31. The molecule has 0 spiro atoms. The predicted octanol–water partition coefficient (Wildman–Crippen LogP) is 4.31. The summed E-state index contributed by atoms with van der Waals surface area (Å²) >= 11 is 6.15. The summed E-state index contributed by atoms with van der Waals surface area (Å²) in [6, 6.07) is 18.2. The minimum absolute atomic E-state index is 0.0666. The Balaban J connectivity index is 1.39. The number of aromatic nitrogens is 2. The monoisotopic (exact) mass is 503 g/mol. The lowest BCUT2D eigenvalue weighted by Crippen LogP contribution is -2.64. The van der Waals surface area contributed by atoms with Crippen LogP contribution in [0.3, 0.4) is 0 Å². The van der Waals surface area contributed by atoms with Crippen molar-refractivity contribution in [3.05, 3.63) is 77.1 Å². The highest BCUT2D eigenvalue weighted by atomic mass is 35.5. The topological polar surface area (TPSA) is 84.6 Å². The molecular weight excluding hydrogens is 474 g/mol. The predicted molar refractivity (Wildman–Crippen MR) is 144 cm³/mol. The van der Waals surface area contributed by atoms with Crippen molar-refractivity contribution in [3.8, 4) is 0 Å². The lowest BCUT2D eigenvalue weighted by molar-refractivity contribution is -0.123. The maximum Gasteiger partial charge on any atom is 0.138 e. The molecule has 186 valence electrons. The zero-order valence-corrected chi connectivity index (χ0v) is 21.2. The van der Waals surface area contributed by atoms with Crippen molar-refractivity contribution in [2.24, 2.45) is 0 Å². The Morgan fingerprint density at radius 3 is 2.61 bits per heavy atom. The van der Waals surface area contributed by atoms with Gasteiger partial charge in [-0.2, -0.15) is 0 Å². The van der Waals surface area contributed by atoms with Crippen LogP contribution in [0.5, 0.6) is 0 Å². The van der Waals surface area contributed by atoms with E-state index in [1.165, 1.54) is 11.9 Å². The molecule has 0 radical (unpaired) electrons. The van der Waals surface area contributed by atoms with Crippen molar-refractivity contribution in [1.29, 1.82) is 0 Å². The lowest BCUT2D eigenvalue weighted by Gasteiger charge is -2.49. The molecule has 3 atom stereocenters. The number of nitrogen functional groups attached to an aromatic ring is 1. The van der Waals surface area contributed by atoms with Gasteiger partial charge in [-0.25, -0.2) is 9.97 Å². The van der Waals surface area contributed by atoms with Crippen molar-refractivity contribution in [1.82, 2.24) is 19.8 Å². The number of hydrogen-bond donors (Lipinski definition) is 1. The maximum atomic E-state index is 12.5. The molecule has 7 nitrogen and oxygen atoms in total. The summed E-state index contributed by atoms with van der Waals surface area (Å²) in [7, 11) is 1.69. The van der Waals surface area contributed by atoms with Gasteiger partial charge < -0.3 is 15.3 Å². The molecule has 3 unspecified atom stereocenters. The summed E-state index contributed by atoms with van der Waals surface area (Å²) in [5.74, 6) is 0.469. The highest BCUT2D eigenvalue weighted by Crippen LogP contribution is 2.28. The molecule has 1 aliphatic rings. The number of anilines is 1. The van der Waals surface area contributed by atoms with Gasteiger partial charge in [-0.15, -0.1) is 0 Å². The molecule has 0 amide bonds. The number of piperazine rings is 1. The van der Waals surface area contributed by atoms with E-state index >= 15 is 0 Å². The average molecular weight is 504 g/mol. The van der Waals surface area contributed by atoms with Crippen molar-refractivity contribution in [2.75, 3.05) is 26.0 Å². The van der Waals surface area contributed by atoms with Crippen molar-refractivity contribution in [3.63, 3.8) is 0 Å². The van der Waals surface area contributed by atoms with E-state index in [1.807, 2.05) is 36.4 Å². The molecule has 8 heteroatoms. The molecule has 4 aromatic rings. The zero-order chi connectivity index (χ0) is 25.2. The molecule has 1 aromatic heterocycles. The quantitative estimate of drug-likeness (QED) is 0.376. The van der Waals surface area contributed by atoms with Gasteiger partial charge in [-0.1, -0.05) is 35.9 Å². The molecule has 1 fully saturated rings. The van der Waals surface area contributed by atoms with E-state index in [1.54, 1.807) is 7.11 Å². The molecule has 0 saturated carbocycles. The molecule has 0 aliphatic carbocycles. The molecule has 1 saturated heterocycles. The van der Waals surface area contributed by atoms with Crippen LogP contribution in [0.1, 0.15) is 18.1 Å². The molecule has 3 aromatic carbocycles. The van der Waals surface area contributed by atoms with E-state index in [0.29, 0.717) is 19.0 Å². The number of aldehydes is 1. The number of carbonyl (C=O) groups excluding carboxylic acids is 1. The number of nitrogens with zero attached hydrogens (tertiary/aromatic N) is 4. The Morgan fingerprint density at radius 1 is 1.06 bits per heavy atom. The van der Waals surface area contributed by atoms with Gasteiger partial charge in [0, 0.05) is 43.2 Å². The van der Waals surface area contributed by atoms with Crippen LogP contribution in [0, 0.1) is 0 Å². The van der Waals surface area contributed by atoms with E-state index < -0.39 is 0 Å². The summed E-state index contributed by atoms with van der Waals surface area (Å²) in [5.41, 5.74) is 9.07. The number of benzene rings is 3. The van der Waals surface area contributed by atoms with E-state index in [0.717, 1.165) is 51.6 Å². The van der Waals surface area contributed by atoms with Gasteiger partial charge in [0.1, 0.15) is 18.4 Å². The van der Waals surface area contributed by atoms with Gasteiger partial charge in [-0.3, -0.25) is 9.80 Å². The van der Waals surface area contributed by atoms with Gasteiger partial charge in [0.2, 0.25) is 0 Å². The summed E-state index contributed by atoms with van der Waals surface area (Å²) in [6.45, 7) is 4.84. The second kappa shape index (κ2) is 10.5. The van der Waals surface area contributed by atoms with Crippen LogP contribution in [-0.4, -0.2) is 64.4 Å². The van der Waals surface area contributed by atoms with Crippen LogP contribution in [0.15, 0.2) is 60.9 Å². The Hall–Kier alpha value is -3.10. The maximum absolute atomic E-state index is 12.5. The summed E-state index contributed by atoms with van der Waals surface area (Å²) in [5, 5.41) is 3.84. The van der Waals surface area contributed by atoms with Crippen LogP contribution < -0.4 is 5.73 Å². The van der Waals surface area contributed by atoms with E-state index in [-0.39, 0.29) is 18.1 Å². The third-order valence-corrected chi connectivity index (χ3v) is 7.37. The average Bonchev–Trinajstić information content (AvgIpc) is 2.87. The molecule has 36 heavy (non-hydrogen) atoms. The van der Waals surface area contributed by atoms with Gasteiger partial charge in [0.25, 0.3) is 0 Å². The fourth-order valence-corrected chi connectivity index (χ4v) is 5.51. The van der Waals surface area contributed by atoms with Crippen molar-refractivity contribution < 1.29 is 9.53 Å². The molecule has 2 N–H and O–H groups in total. The van der Waals surface area contributed by atoms with Crippen LogP contribution in [0.25, 0.3) is 21.7 Å². The number of halogens is 1. The second-order valence-corrected chi connectivity index (χ2v) is 9.97. The number of ether oxygens (including phenoxy) is 1. The molecule has 0 bridgehead atoms. The smallest absolute Gasteiger partial charge is 0.138 e. The Labute approximate surface area is 215 Å². The van der Waals surface area contributed by atoms with Crippen LogP contribution in [0.2, 0.25) is 5.02 Å². The number of hydrogen-bond acceptors (Lipinski definition) is 7. The summed E-state index contributed by atoms with van der Waals surface area (Å²) in [6.07, 6.45) is 2.54. The van der Waals surface area contributed by atoms with Gasteiger partial charge >= 0.3 is 0 Å². The second-order valence-electron chi connectivity index (χ2n) is 9.54. The first-order valence-corrected chi connectivity index (χ1v) is 12.5. The van der Waals surface area contributed by atoms with Gasteiger partial charge in [0.05, 0.1) is 24.2 Å². The Kier molecular flexibility index (Phi) is 7.16. The van der Waals surface area contributed by atoms with Crippen LogP contribution >= 0.6 is 11.6 Å². The number of carbonyl (C=O) groups is 1. The zero-order valence-electron chi connectivity index (χ0n) is 20.5. The largest absolute Gasteiger partial charge is 0.383 e. The van der Waals surface area contributed by atoms with Crippen LogP contribution in [0.4, 0.5) is 5.82 Å². The summed E-state index contributed by atoms with van der Waals surface area (Å²) < 4.78 is 5.60. The normalized spacial score (nSPS) is 21.2. The lowest BCUT2D eigenvalue weighted by atomic mass is 9.96. The fourth-order valence-electron chi connectivity index (χ4n) is 5.33. The Bertz CT molecular complexity index is 1400. The minimum Gasteiger partial charge on any atom is -0.383 e. The number of nitrogens with two attached hydrogens (primary N) is 1. The number of methoxy groups -OCH3 is 1. The van der Waals surface area contributed by atoms with Crippen molar-refractivity contribution >= 4 is 45.4 Å².